The Labute approximate surface area is 114 Å². The zero-order valence-electron chi connectivity index (χ0n) is 11.9. The van der Waals surface area contributed by atoms with Crippen molar-refractivity contribution >= 4 is 0 Å². The van der Waals surface area contributed by atoms with Crippen LogP contribution in [0.5, 0.6) is 0 Å². The molecule has 0 aromatic rings. The lowest BCUT2D eigenvalue weighted by atomic mass is 10.1. The molecule has 0 saturated carbocycles. The number of hydrogen-bond acceptors (Lipinski definition) is 4. The summed E-state index contributed by atoms with van der Waals surface area (Å²) in [6.45, 7) is 5.77. The lowest BCUT2D eigenvalue weighted by molar-refractivity contribution is 0.0149. The molecular formula is C13H27F2NO3. The maximum absolute atomic E-state index is 11.7. The summed E-state index contributed by atoms with van der Waals surface area (Å²) in [6.07, 6.45) is -0.881. The number of hydrogen-bond donors (Lipinski definition) is 2. The van der Waals surface area contributed by atoms with Gasteiger partial charge in [-0.2, -0.15) is 0 Å². The summed E-state index contributed by atoms with van der Waals surface area (Å²) in [5.74, 6) is 0.670. The zero-order valence-corrected chi connectivity index (χ0v) is 11.9. The van der Waals surface area contributed by atoms with Crippen molar-refractivity contribution in [3.63, 3.8) is 0 Å². The highest BCUT2D eigenvalue weighted by Gasteiger charge is 2.04. The third-order valence-corrected chi connectivity index (χ3v) is 2.43. The first-order valence-electron chi connectivity index (χ1n) is 6.84. The van der Waals surface area contributed by atoms with Gasteiger partial charge in [-0.1, -0.05) is 13.8 Å². The number of aliphatic hydroxyl groups is 1. The maximum Gasteiger partial charge on any atom is 0.261 e. The number of alkyl halides is 2. The van der Waals surface area contributed by atoms with Crippen LogP contribution in [0.1, 0.15) is 26.7 Å². The number of halogens is 2. The minimum atomic E-state index is -2.43. The Morgan fingerprint density at radius 2 is 1.79 bits per heavy atom. The van der Waals surface area contributed by atoms with E-state index >= 15 is 0 Å². The molecule has 0 aromatic heterocycles. The van der Waals surface area contributed by atoms with Gasteiger partial charge in [-0.25, -0.2) is 8.78 Å². The number of rotatable bonds is 13. The largest absolute Gasteiger partial charge is 0.389 e. The van der Waals surface area contributed by atoms with Crippen molar-refractivity contribution in [3.8, 4) is 0 Å². The van der Waals surface area contributed by atoms with E-state index in [0.717, 1.165) is 12.8 Å². The van der Waals surface area contributed by atoms with Crippen LogP contribution in [0.15, 0.2) is 0 Å². The van der Waals surface area contributed by atoms with Crippen LogP contribution >= 0.6 is 0 Å². The van der Waals surface area contributed by atoms with Gasteiger partial charge in [-0.3, -0.25) is 0 Å². The van der Waals surface area contributed by atoms with Crippen LogP contribution in [0.3, 0.4) is 0 Å². The molecule has 0 amide bonds. The molecule has 19 heavy (non-hydrogen) atoms. The molecule has 0 spiro atoms. The molecule has 2 N–H and O–H groups in total. The Hall–Kier alpha value is -0.300. The fraction of sp³-hybridized carbons (Fsp3) is 1.00. The molecule has 4 nitrogen and oxygen atoms in total. The van der Waals surface area contributed by atoms with Crippen LogP contribution in [0, 0.1) is 5.92 Å². The van der Waals surface area contributed by atoms with Gasteiger partial charge in [0.15, 0.2) is 0 Å². The molecule has 0 rings (SSSR count). The average Bonchev–Trinajstić information content (AvgIpc) is 2.32. The standard InChI is InChI=1S/C13H27F2NO3/c1-11(2)4-3-6-18-9-12(17)8-16-5-7-19-10-13(14)15/h11-13,16-17H,3-10H2,1-2H3. The number of nitrogens with one attached hydrogen (secondary N) is 1. The summed E-state index contributed by atoms with van der Waals surface area (Å²) in [5, 5.41) is 12.5. The first-order valence-corrected chi connectivity index (χ1v) is 6.84. The van der Waals surface area contributed by atoms with Crippen LogP contribution in [0.25, 0.3) is 0 Å². The van der Waals surface area contributed by atoms with Crippen molar-refractivity contribution in [3.05, 3.63) is 0 Å². The lowest BCUT2D eigenvalue weighted by Gasteiger charge is -2.13. The van der Waals surface area contributed by atoms with Gasteiger partial charge >= 0.3 is 0 Å². The van der Waals surface area contributed by atoms with Gasteiger partial charge in [0.25, 0.3) is 6.43 Å². The van der Waals surface area contributed by atoms with E-state index in [0.29, 0.717) is 32.2 Å². The molecule has 0 aliphatic heterocycles. The predicted octanol–water partition coefficient (Wildman–Crippen LogP) is 1.67. The molecule has 116 valence electrons. The fourth-order valence-electron chi connectivity index (χ4n) is 1.46. The molecule has 0 heterocycles. The van der Waals surface area contributed by atoms with Gasteiger partial charge in [0.05, 0.1) is 19.3 Å². The van der Waals surface area contributed by atoms with Gasteiger partial charge < -0.3 is 19.9 Å². The Kier molecular flexibility index (Phi) is 12.5. The Balaban J connectivity index is 3.19. The summed E-state index contributed by atoms with van der Waals surface area (Å²) in [7, 11) is 0. The smallest absolute Gasteiger partial charge is 0.261 e. The van der Waals surface area contributed by atoms with E-state index in [1.165, 1.54) is 0 Å². The fourth-order valence-corrected chi connectivity index (χ4v) is 1.46. The molecule has 1 unspecified atom stereocenters. The van der Waals surface area contributed by atoms with Crippen molar-refractivity contribution < 1.29 is 23.4 Å². The van der Waals surface area contributed by atoms with Gasteiger partial charge in [0.2, 0.25) is 0 Å². The van der Waals surface area contributed by atoms with E-state index in [9.17, 15) is 13.9 Å². The second kappa shape index (κ2) is 12.7. The highest BCUT2D eigenvalue weighted by Crippen LogP contribution is 2.03. The predicted molar refractivity (Wildman–Crippen MR) is 70.6 cm³/mol. The van der Waals surface area contributed by atoms with Crippen molar-refractivity contribution in [2.24, 2.45) is 5.92 Å². The third-order valence-electron chi connectivity index (χ3n) is 2.43. The Morgan fingerprint density at radius 1 is 1.11 bits per heavy atom. The summed E-state index contributed by atoms with van der Waals surface area (Å²) in [6, 6.07) is 0. The quantitative estimate of drug-likeness (QED) is 0.505. The van der Waals surface area contributed by atoms with Gasteiger partial charge in [0.1, 0.15) is 6.61 Å². The second-order valence-electron chi connectivity index (χ2n) is 4.93. The van der Waals surface area contributed by atoms with E-state index in [4.69, 9.17) is 4.74 Å². The molecule has 0 radical (unpaired) electrons. The zero-order chi connectivity index (χ0) is 14.5. The van der Waals surface area contributed by atoms with Gasteiger partial charge in [-0.05, 0) is 18.8 Å². The molecular weight excluding hydrogens is 256 g/mol. The van der Waals surface area contributed by atoms with E-state index in [1.54, 1.807) is 0 Å². The van der Waals surface area contributed by atoms with Crippen molar-refractivity contribution in [2.45, 2.75) is 39.2 Å². The molecule has 0 aliphatic rings. The van der Waals surface area contributed by atoms with E-state index in [1.807, 2.05) is 0 Å². The van der Waals surface area contributed by atoms with E-state index in [2.05, 4.69) is 23.9 Å². The molecule has 1 atom stereocenters. The average molecular weight is 283 g/mol. The summed E-state index contributed by atoms with van der Waals surface area (Å²) in [4.78, 5) is 0. The summed E-state index contributed by atoms with van der Waals surface area (Å²) >= 11 is 0. The van der Waals surface area contributed by atoms with Gasteiger partial charge in [-0.15, -0.1) is 0 Å². The molecule has 0 saturated heterocycles. The highest BCUT2D eigenvalue weighted by molar-refractivity contribution is 4.58. The minimum Gasteiger partial charge on any atom is -0.389 e. The van der Waals surface area contributed by atoms with Crippen LogP contribution < -0.4 is 5.32 Å². The molecule has 0 aromatic carbocycles. The number of ether oxygens (including phenoxy) is 2. The SMILES string of the molecule is CC(C)CCCOCC(O)CNCCOCC(F)F. The third kappa shape index (κ3) is 15.6. The first kappa shape index (κ1) is 18.7. The molecule has 0 bridgehead atoms. The molecule has 6 heteroatoms. The monoisotopic (exact) mass is 283 g/mol. The van der Waals surface area contributed by atoms with Crippen molar-refractivity contribution in [2.75, 3.05) is 39.5 Å². The molecule has 0 fully saturated rings. The van der Waals surface area contributed by atoms with Crippen LogP contribution in [0.4, 0.5) is 8.78 Å². The molecule has 0 aliphatic carbocycles. The van der Waals surface area contributed by atoms with Crippen LogP contribution in [-0.2, 0) is 9.47 Å². The second-order valence-corrected chi connectivity index (χ2v) is 4.93. The Morgan fingerprint density at radius 3 is 2.42 bits per heavy atom. The van der Waals surface area contributed by atoms with Crippen molar-refractivity contribution in [1.82, 2.24) is 5.32 Å². The lowest BCUT2D eigenvalue weighted by Crippen LogP contribution is -2.32. The highest BCUT2D eigenvalue weighted by atomic mass is 19.3. The number of aliphatic hydroxyl groups excluding tert-OH is 1. The van der Waals surface area contributed by atoms with Gasteiger partial charge in [0, 0.05) is 19.7 Å². The topological polar surface area (TPSA) is 50.7 Å². The van der Waals surface area contributed by atoms with Crippen LogP contribution in [0.2, 0.25) is 0 Å². The van der Waals surface area contributed by atoms with E-state index in [-0.39, 0.29) is 6.61 Å². The minimum absolute atomic E-state index is 0.215. The Bertz CT molecular complexity index is 195. The summed E-state index contributed by atoms with van der Waals surface area (Å²) < 4.78 is 33.5. The normalized spacial score (nSPS) is 13.4. The summed E-state index contributed by atoms with van der Waals surface area (Å²) in [5.41, 5.74) is 0. The first-order chi connectivity index (χ1) is 9.02. The van der Waals surface area contributed by atoms with E-state index < -0.39 is 19.1 Å². The van der Waals surface area contributed by atoms with Crippen molar-refractivity contribution in [1.29, 1.82) is 0 Å². The van der Waals surface area contributed by atoms with Crippen LogP contribution in [-0.4, -0.2) is 57.2 Å². The maximum atomic E-state index is 11.7.